The molecule has 0 aliphatic carbocycles. The third kappa shape index (κ3) is 7.68. The van der Waals surface area contributed by atoms with Crippen LogP contribution in [0.1, 0.15) is 40.2 Å². The monoisotopic (exact) mass is 572 g/mol. The number of fused-ring (bicyclic) bond motifs is 1. The summed E-state index contributed by atoms with van der Waals surface area (Å²) in [5.74, 6) is 0. The highest BCUT2D eigenvalue weighted by Gasteiger charge is 2.28. The van der Waals surface area contributed by atoms with Crippen LogP contribution in [-0.2, 0) is 10.8 Å². The standard InChI is InChI=1S/C31H40N6OSSi/c1-6-37(7-2)28-18-15-26(16-19-28)34-36-31-32-29-20-17-27(23-30(29)39-31)35-33-25-13-11-24(12-14-25)21-22-38-40(8-3,9-4)10-5/h11-20,23H,6-10,21-22H2,1-5H3. The number of nitrogens with zero attached hydrogens (tertiary/aromatic N) is 6. The molecule has 0 saturated carbocycles. The number of thiazole rings is 1. The smallest absolute Gasteiger partial charge is 0.231 e. The maximum Gasteiger partial charge on any atom is 0.231 e. The van der Waals surface area contributed by atoms with E-state index in [2.05, 4.69) is 89.2 Å². The van der Waals surface area contributed by atoms with Gasteiger partial charge in [-0.3, -0.25) is 0 Å². The third-order valence-corrected chi connectivity index (χ3v) is 13.1. The molecule has 3 aromatic carbocycles. The summed E-state index contributed by atoms with van der Waals surface area (Å²) < 4.78 is 7.39. The molecule has 0 spiro atoms. The fourth-order valence-corrected chi connectivity index (χ4v) is 8.18. The highest BCUT2D eigenvalue weighted by atomic mass is 32.1. The minimum Gasteiger partial charge on any atom is -0.416 e. The molecule has 0 unspecified atom stereocenters. The van der Waals surface area contributed by atoms with Gasteiger partial charge in [0.15, 0.2) is 8.32 Å². The predicted octanol–water partition coefficient (Wildman–Crippen LogP) is 10.5. The van der Waals surface area contributed by atoms with Crippen LogP contribution < -0.4 is 4.90 Å². The summed E-state index contributed by atoms with van der Waals surface area (Å²) in [5, 5.41) is 18.3. The van der Waals surface area contributed by atoms with Crippen molar-refractivity contribution >= 4 is 57.8 Å². The average molecular weight is 573 g/mol. The molecule has 4 aromatic rings. The molecule has 210 valence electrons. The highest BCUT2D eigenvalue weighted by Crippen LogP contribution is 2.33. The Morgan fingerprint density at radius 1 is 0.725 bits per heavy atom. The minimum atomic E-state index is -1.53. The molecule has 0 fully saturated rings. The molecule has 0 aliphatic heterocycles. The Kier molecular flexibility index (Phi) is 10.7. The lowest BCUT2D eigenvalue weighted by Gasteiger charge is -2.27. The molecule has 7 nitrogen and oxygen atoms in total. The summed E-state index contributed by atoms with van der Waals surface area (Å²) in [5.41, 5.74) is 5.75. The molecule has 0 saturated heterocycles. The van der Waals surface area contributed by atoms with E-state index in [4.69, 9.17) is 4.43 Å². The van der Waals surface area contributed by atoms with Crippen molar-refractivity contribution in [3.8, 4) is 0 Å². The lowest BCUT2D eigenvalue weighted by molar-refractivity contribution is 0.303. The van der Waals surface area contributed by atoms with Gasteiger partial charge < -0.3 is 9.33 Å². The van der Waals surface area contributed by atoms with Crippen molar-refractivity contribution in [1.82, 2.24) is 4.98 Å². The van der Waals surface area contributed by atoms with Gasteiger partial charge in [0.1, 0.15) is 0 Å². The van der Waals surface area contributed by atoms with Crippen LogP contribution in [0.25, 0.3) is 10.2 Å². The van der Waals surface area contributed by atoms with E-state index >= 15 is 0 Å². The van der Waals surface area contributed by atoms with Crippen molar-refractivity contribution < 1.29 is 4.43 Å². The summed E-state index contributed by atoms with van der Waals surface area (Å²) in [6.45, 7) is 13.9. The van der Waals surface area contributed by atoms with Gasteiger partial charge in [0.05, 0.1) is 27.3 Å². The fraction of sp³-hybridized carbons (Fsp3) is 0.387. The first-order valence-corrected chi connectivity index (χ1v) is 17.7. The molecule has 0 N–H and O–H groups in total. The number of hydrogen-bond acceptors (Lipinski definition) is 8. The van der Waals surface area contributed by atoms with Crippen molar-refractivity contribution in [2.24, 2.45) is 20.5 Å². The van der Waals surface area contributed by atoms with Crippen LogP contribution in [0, 0.1) is 0 Å². The van der Waals surface area contributed by atoms with E-state index in [1.165, 1.54) is 40.7 Å². The van der Waals surface area contributed by atoms with E-state index in [0.717, 1.165) is 53.4 Å². The Balaban J connectivity index is 1.35. The maximum atomic E-state index is 6.39. The second-order valence-corrected chi connectivity index (χ2v) is 15.5. The van der Waals surface area contributed by atoms with Gasteiger partial charge in [0, 0.05) is 25.4 Å². The van der Waals surface area contributed by atoms with Crippen LogP contribution in [0.4, 0.5) is 27.9 Å². The number of aromatic nitrogens is 1. The Bertz CT molecular complexity index is 1400. The zero-order valence-corrected chi connectivity index (χ0v) is 26.1. The zero-order valence-electron chi connectivity index (χ0n) is 24.3. The van der Waals surface area contributed by atoms with Gasteiger partial charge in [-0.1, -0.05) is 44.2 Å². The first-order valence-electron chi connectivity index (χ1n) is 14.3. The summed E-state index contributed by atoms with van der Waals surface area (Å²) in [7, 11) is -1.53. The van der Waals surface area contributed by atoms with Crippen LogP contribution in [0.3, 0.4) is 0 Å². The summed E-state index contributed by atoms with van der Waals surface area (Å²) >= 11 is 1.49. The number of azo groups is 2. The van der Waals surface area contributed by atoms with Crippen LogP contribution in [-0.4, -0.2) is 33.0 Å². The summed E-state index contributed by atoms with van der Waals surface area (Å²) in [6.07, 6.45) is 0.926. The SMILES string of the molecule is CCN(CC)c1ccc(N=Nc2nc3ccc(N=Nc4ccc(CCO[Si](CC)(CC)CC)cc4)cc3s2)cc1. The van der Waals surface area contributed by atoms with Crippen molar-refractivity contribution in [2.45, 2.75) is 59.2 Å². The maximum absolute atomic E-state index is 6.39. The average Bonchev–Trinajstić information content (AvgIpc) is 3.42. The van der Waals surface area contributed by atoms with E-state index in [0.29, 0.717) is 5.13 Å². The molecule has 0 atom stereocenters. The quantitative estimate of drug-likeness (QED) is 0.111. The van der Waals surface area contributed by atoms with Crippen LogP contribution in [0.5, 0.6) is 0 Å². The van der Waals surface area contributed by atoms with Crippen molar-refractivity contribution in [3.63, 3.8) is 0 Å². The normalized spacial score (nSPS) is 12.2. The van der Waals surface area contributed by atoms with E-state index in [1.54, 1.807) is 0 Å². The van der Waals surface area contributed by atoms with Gasteiger partial charge in [-0.15, -0.1) is 10.2 Å². The predicted molar refractivity (Wildman–Crippen MR) is 171 cm³/mol. The molecule has 1 heterocycles. The van der Waals surface area contributed by atoms with Crippen LogP contribution in [0.15, 0.2) is 87.2 Å². The molecular formula is C31H40N6OSSi. The lowest BCUT2D eigenvalue weighted by atomic mass is 10.1. The van der Waals surface area contributed by atoms with Gasteiger partial charge >= 0.3 is 0 Å². The van der Waals surface area contributed by atoms with Crippen molar-refractivity contribution in [2.75, 3.05) is 24.6 Å². The molecule has 0 amide bonds. The molecule has 9 heteroatoms. The van der Waals surface area contributed by atoms with Crippen molar-refractivity contribution in [3.05, 3.63) is 72.3 Å². The molecular weight excluding hydrogens is 533 g/mol. The molecule has 40 heavy (non-hydrogen) atoms. The van der Waals surface area contributed by atoms with Crippen LogP contribution in [0.2, 0.25) is 18.1 Å². The van der Waals surface area contributed by atoms with Gasteiger partial charge in [-0.05, 0) is 98.6 Å². The number of hydrogen-bond donors (Lipinski definition) is 0. The van der Waals surface area contributed by atoms with E-state index in [9.17, 15) is 0 Å². The fourth-order valence-electron chi connectivity index (χ4n) is 4.71. The highest BCUT2D eigenvalue weighted by molar-refractivity contribution is 7.21. The van der Waals surface area contributed by atoms with Gasteiger partial charge in [-0.25, -0.2) is 4.98 Å². The number of benzene rings is 3. The lowest BCUT2D eigenvalue weighted by Crippen LogP contribution is -2.36. The zero-order chi connectivity index (χ0) is 28.4. The summed E-state index contributed by atoms with van der Waals surface area (Å²) in [6, 6.07) is 25.8. The largest absolute Gasteiger partial charge is 0.416 e. The third-order valence-electron chi connectivity index (χ3n) is 7.54. The molecule has 0 bridgehead atoms. The Hall–Kier alpha value is -3.27. The van der Waals surface area contributed by atoms with Crippen molar-refractivity contribution in [1.29, 1.82) is 0 Å². The second kappa shape index (κ2) is 14.4. The van der Waals surface area contributed by atoms with E-state index in [1.807, 2.05) is 42.5 Å². The molecule has 4 rings (SSSR count). The second-order valence-electron chi connectivity index (χ2n) is 9.75. The topological polar surface area (TPSA) is 74.8 Å². The first-order chi connectivity index (χ1) is 19.5. The Labute approximate surface area is 243 Å². The van der Waals surface area contributed by atoms with Crippen LogP contribution >= 0.6 is 11.3 Å². The Morgan fingerprint density at radius 3 is 1.93 bits per heavy atom. The molecule has 0 radical (unpaired) electrons. The molecule has 1 aromatic heterocycles. The van der Waals surface area contributed by atoms with Gasteiger partial charge in [0.25, 0.3) is 0 Å². The Morgan fingerprint density at radius 2 is 1.30 bits per heavy atom. The molecule has 0 aliphatic rings. The number of anilines is 1. The minimum absolute atomic E-state index is 0.619. The van der Waals surface area contributed by atoms with E-state index in [-0.39, 0.29) is 0 Å². The summed E-state index contributed by atoms with van der Waals surface area (Å²) in [4.78, 5) is 6.89. The van der Waals surface area contributed by atoms with Gasteiger partial charge in [0.2, 0.25) is 5.13 Å². The van der Waals surface area contributed by atoms with Gasteiger partial charge in [-0.2, -0.15) is 10.2 Å². The first kappa shape index (κ1) is 29.7. The number of rotatable bonds is 14. The van der Waals surface area contributed by atoms with E-state index < -0.39 is 8.32 Å².